The zero-order chi connectivity index (χ0) is 17.9. The van der Waals surface area contributed by atoms with Gasteiger partial charge in [0.25, 0.3) is 0 Å². The number of carbonyl (C=O) groups is 1. The van der Waals surface area contributed by atoms with Crippen LogP contribution in [0.3, 0.4) is 0 Å². The Morgan fingerprint density at radius 3 is 2.08 bits per heavy atom. The third-order valence-corrected chi connectivity index (χ3v) is 3.31. The van der Waals surface area contributed by atoms with Gasteiger partial charge < -0.3 is 24.8 Å². The minimum absolute atomic E-state index is 0.123. The highest BCUT2D eigenvalue weighted by atomic mass is 16.5. The topological polar surface area (TPSA) is 68.8 Å². The van der Waals surface area contributed by atoms with Gasteiger partial charge in [0.2, 0.25) is 5.91 Å². The number of methoxy groups -OCH3 is 1. The molecular weight excluding hydrogens is 320 g/mol. The van der Waals surface area contributed by atoms with Crippen molar-refractivity contribution in [2.24, 2.45) is 0 Å². The van der Waals surface area contributed by atoms with Gasteiger partial charge in [-0.2, -0.15) is 0 Å². The Hall–Kier alpha value is -2.73. The van der Waals surface area contributed by atoms with Gasteiger partial charge in [-0.15, -0.1) is 0 Å². The third kappa shape index (κ3) is 6.73. The molecule has 0 fully saturated rings. The molecule has 6 heteroatoms. The lowest BCUT2D eigenvalue weighted by molar-refractivity contribution is -0.114. The summed E-state index contributed by atoms with van der Waals surface area (Å²) in [5.41, 5.74) is 1.58. The predicted octanol–water partition coefficient (Wildman–Crippen LogP) is 3.16. The first kappa shape index (κ1) is 18.6. The number of carbonyl (C=O) groups excluding carboxylic acids is 1. The van der Waals surface area contributed by atoms with Gasteiger partial charge in [0.15, 0.2) is 0 Å². The van der Waals surface area contributed by atoms with Crippen LogP contribution in [0.25, 0.3) is 0 Å². The van der Waals surface area contributed by atoms with Gasteiger partial charge in [0.05, 0.1) is 19.8 Å². The molecule has 0 saturated carbocycles. The first-order valence-electron chi connectivity index (χ1n) is 8.19. The van der Waals surface area contributed by atoms with Crippen molar-refractivity contribution >= 4 is 17.3 Å². The van der Waals surface area contributed by atoms with Crippen LogP contribution >= 0.6 is 0 Å². The summed E-state index contributed by atoms with van der Waals surface area (Å²) in [5, 5.41) is 5.91. The predicted molar refractivity (Wildman–Crippen MR) is 98.5 cm³/mol. The van der Waals surface area contributed by atoms with Gasteiger partial charge >= 0.3 is 0 Å². The summed E-state index contributed by atoms with van der Waals surface area (Å²) < 4.78 is 15.8. The maximum absolute atomic E-state index is 12.0. The van der Waals surface area contributed by atoms with Crippen LogP contribution in [0.5, 0.6) is 11.5 Å². The second-order valence-electron chi connectivity index (χ2n) is 5.22. The third-order valence-electron chi connectivity index (χ3n) is 3.31. The van der Waals surface area contributed by atoms with Gasteiger partial charge in [-0.25, -0.2) is 0 Å². The average molecular weight is 344 g/mol. The quantitative estimate of drug-likeness (QED) is 0.648. The van der Waals surface area contributed by atoms with Crippen LogP contribution < -0.4 is 20.1 Å². The Morgan fingerprint density at radius 1 is 0.880 bits per heavy atom. The van der Waals surface area contributed by atoms with Crippen LogP contribution in [0.1, 0.15) is 6.92 Å². The van der Waals surface area contributed by atoms with Crippen LogP contribution in [0, 0.1) is 0 Å². The summed E-state index contributed by atoms with van der Waals surface area (Å²) in [7, 11) is 1.63. The van der Waals surface area contributed by atoms with Crippen LogP contribution in [-0.2, 0) is 9.53 Å². The molecule has 2 aromatic carbocycles. The molecule has 0 aliphatic heterocycles. The minimum Gasteiger partial charge on any atom is -0.494 e. The van der Waals surface area contributed by atoms with Crippen molar-refractivity contribution in [1.82, 2.24) is 0 Å². The molecule has 0 radical (unpaired) electrons. The largest absolute Gasteiger partial charge is 0.494 e. The van der Waals surface area contributed by atoms with E-state index in [-0.39, 0.29) is 12.5 Å². The second kappa shape index (κ2) is 10.2. The highest BCUT2D eigenvalue weighted by molar-refractivity contribution is 5.93. The van der Waals surface area contributed by atoms with Gasteiger partial charge in [-0.3, -0.25) is 4.79 Å². The van der Waals surface area contributed by atoms with Crippen molar-refractivity contribution in [1.29, 1.82) is 0 Å². The smallest absolute Gasteiger partial charge is 0.243 e. The van der Waals surface area contributed by atoms with E-state index in [0.717, 1.165) is 22.9 Å². The Labute approximate surface area is 148 Å². The molecule has 1 amide bonds. The molecule has 2 N–H and O–H groups in total. The van der Waals surface area contributed by atoms with Gasteiger partial charge in [0.1, 0.15) is 18.1 Å². The van der Waals surface area contributed by atoms with Crippen LogP contribution in [0.4, 0.5) is 11.4 Å². The zero-order valence-electron chi connectivity index (χ0n) is 14.6. The van der Waals surface area contributed by atoms with Gasteiger partial charge in [0, 0.05) is 18.5 Å². The summed E-state index contributed by atoms with van der Waals surface area (Å²) in [5.74, 6) is 1.43. The highest BCUT2D eigenvalue weighted by Crippen LogP contribution is 2.17. The lowest BCUT2D eigenvalue weighted by Crippen LogP contribution is -2.21. The van der Waals surface area contributed by atoms with E-state index in [1.54, 1.807) is 19.2 Å². The lowest BCUT2D eigenvalue weighted by atomic mass is 10.3. The van der Waals surface area contributed by atoms with E-state index in [1.807, 2.05) is 43.3 Å². The number of anilines is 2. The van der Waals surface area contributed by atoms with E-state index in [2.05, 4.69) is 10.6 Å². The van der Waals surface area contributed by atoms with E-state index >= 15 is 0 Å². The van der Waals surface area contributed by atoms with E-state index in [1.165, 1.54) is 0 Å². The first-order chi connectivity index (χ1) is 12.2. The maximum atomic E-state index is 12.0. The fraction of sp³-hybridized carbons (Fsp3) is 0.316. The molecule has 25 heavy (non-hydrogen) atoms. The van der Waals surface area contributed by atoms with Crippen LogP contribution in [0.15, 0.2) is 48.5 Å². The number of benzene rings is 2. The van der Waals surface area contributed by atoms with Gasteiger partial charge in [-0.05, 0) is 55.5 Å². The van der Waals surface area contributed by atoms with Crippen molar-refractivity contribution in [2.75, 3.05) is 44.1 Å². The summed E-state index contributed by atoms with van der Waals surface area (Å²) in [6.07, 6.45) is 0. The number of amides is 1. The van der Waals surface area contributed by atoms with E-state index in [9.17, 15) is 4.79 Å². The number of hydrogen-bond donors (Lipinski definition) is 2. The van der Waals surface area contributed by atoms with Crippen molar-refractivity contribution in [3.8, 4) is 11.5 Å². The summed E-state index contributed by atoms with van der Waals surface area (Å²) >= 11 is 0. The molecule has 0 aliphatic carbocycles. The zero-order valence-corrected chi connectivity index (χ0v) is 14.6. The average Bonchev–Trinajstić information content (AvgIpc) is 2.63. The molecule has 0 atom stereocenters. The van der Waals surface area contributed by atoms with E-state index in [0.29, 0.717) is 19.8 Å². The molecule has 0 spiro atoms. The Balaban J connectivity index is 1.75. The molecule has 0 unspecified atom stereocenters. The van der Waals surface area contributed by atoms with E-state index in [4.69, 9.17) is 14.2 Å². The molecule has 6 nitrogen and oxygen atoms in total. The number of rotatable bonds is 10. The normalized spacial score (nSPS) is 10.2. The van der Waals surface area contributed by atoms with E-state index < -0.39 is 0 Å². The molecule has 0 aliphatic rings. The molecule has 0 saturated heterocycles. The molecule has 0 bridgehead atoms. The highest BCUT2D eigenvalue weighted by Gasteiger charge is 2.03. The second-order valence-corrected chi connectivity index (χ2v) is 5.22. The standard InChI is InChI=1S/C19H24N2O4/c1-3-24-17-8-4-15(5-9-17)20-14-19(22)21-16-6-10-18(11-7-16)25-13-12-23-2/h4-11,20H,3,12-14H2,1-2H3,(H,21,22). The number of nitrogens with one attached hydrogen (secondary N) is 2. The molecule has 0 heterocycles. The molecule has 0 aromatic heterocycles. The minimum atomic E-state index is -0.123. The molecule has 134 valence electrons. The van der Waals surface area contributed by atoms with Crippen molar-refractivity contribution in [3.05, 3.63) is 48.5 Å². The fourth-order valence-electron chi connectivity index (χ4n) is 2.10. The van der Waals surface area contributed by atoms with Crippen molar-refractivity contribution < 1.29 is 19.0 Å². The SMILES string of the molecule is CCOc1ccc(NCC(=O)Nc2ccc(OCCOC)cc2)cc1. The monoisotopic (exact) mass is 344 g/mol. The van der Waals surface area contributed by atoms with Crippen molar-refractivity contribution in [2.45, 2.75) is 6.92 Å². The molecular formula is C19H24N2O4. The fourth-order valence-corrected chi connectivity index (χ4v) is 2.10. The van der Waals surface area contributed by atoms with Gasteiger partial charge in [-0.1, -0.05) is 0 Å². The molecule has 2 aromatic rings. The molecule has 2 rings (SSSR count). The Bertz CT molecular complexity index is 641. The summed E-state index contributed by atoms with van der Waals surface area (Å²) in [6, 6.07) is 14.7. The van der Waals surface area contributed by atoms with Crippen LogP contribution in [0.2, 0.25) is 0 Å². The summed E-state index contributed by atoms with van der Waals surface area (Å²) in [4.78, 5) is 12.0. The Kier molecular flexibility index (Phi) is 7.59. The van der Waals surface area contributed by atoms with Crippen LogP contribution in [-0.4, -0.2) is 39.4 Å². The lowest BCUT2D eigenvalue weighted by Gasteiger charge is -2.10. The first-order valence-corrected chi connectivity index (χ1v) is 8.19. The number of hydrogen-bond acceptors (Lipinski definition) is 5. The number of ether oxygens (including phenoxy) is 3. The van der Waals surface area contributed by atoms with Crippen molar-refractivity contribution in [3.63, 3.8) is 0 Å². The summed E-state index contributed by atoms with van der Waals surface area (Å²) in [6.45, 7) is 3.78. The maximum Gasteiger partial charge on any atom is 0.243 e. The Morgan fingerprint density at radius 2 is 1.48 bits per heavy atom.